The molecule has 0 unspecified atom stereocenters. The molecule has 2 aromatic carbocycles. The molecule has 1 heterocycles. The maximum absolute atomic E-state index is 12.2. The van der Waals surface area contributed by atoms with Crippen LogP contribution in [0.2, 0.25) is 0 Å². The average Bonchev–Trinajstić information content (AvgIpc) is 2.96. The van der Waals surface area contributed by atoms with Crippen molar-refractivity contribution in [3.63, 3.8) is 0 Å². The Morgan fingerprint density at radius 3 is 2.50 bits per heavy atom. The second-order valence-corrected chi connectivity index (χ2v) is 4.79. The van der Waals surface area contributed by atoms with Gasteiger partial charge >= 0.3 is 5.97 Å². The van der Waals surface area contributed by atoms with Gasteiger partial charge in [0.25, 0.3) is 5.91 Å². The Labute approximate surface area is 126 Å². The highest BCUT2D eigenvalue weighted by molar-refractivity contribution is 6.04. The molecule has 6 heteroatoms. The standard InChI is InChI=1S/C16H13NO5/c18-15(19)7-10-1-4-12(5-2-10)17-16(20)11-3-6-13-14(8-11)22-9-21-13/h1-6,8H,7,9H2,(H,17,20)(H,18,19). The number of carbonyl (C=O) groups excluding carboxylic acids is 1. The predicted octanol–water partition coefficient (Wildman–Crippen LogP) is 2.29. The van der Waals surface area contributed by atoms with Crippen molar-refractivity contribution in [2.45, 2.75) is 6.42 Å². The summed E-state index contributed by atoms with van der Waals surface area (Å²) in [4.78, 5) is 22.8. The summed E-state index contributed by atoms with van der Waals surface area (Å²) in [5.41, 5.74) is 1.73. The molecule has 0 saturated carbocycles. The van der Waals surface area contributed by atoms with Crippen LogP contribution < -0.4 is 14.8 Å². The van der Waals surface area contributed by atoms with Crippen LogP contribution in [0.15, 0.2) is 42.5 Å². The van der Waals surface area contributed by atoms with Crippen LogP contribution in [0.25, 0.3) is 0 Å². The number of hydrogen-bond acceptors (Lipinski definition) is 4. The van der Waals surface area contributed by atoms with E-state index in [1.54, 1.807) is 42.5 Å². The Morgan fingerprint density at radius 2 is 1.77 bits per heavy atom. The zero-order chi connectivity index (χ0) is 15.5. The van der Waals surface area contributed by atoms with E-state index < -0.39 is 5.97 Å². The number of nitrogens with one attached hydrogen (secondary N) is 1. The Morgan fingerprint density at radius 1 is 1.05 bits per heavy atom. The molecule has 0 atom stereocenters. The number of amides is 1. The number of aliphatic carboxylic acids is 1. The highest BCUT2D eigenvalue weighted by Gasteiger charge is 2.16. The lowest BCUT2D eigenvalue weighted by atomic mass is 10.1. The van der Waals surface area contributed by atoms with E-state index in [1.807, 2.05) is 0 Å². The number of carboxylic acids is 1. The van der Waals surface area contributed by atoms with E-state index in [2.05, 4.69) is 5.32 Å². The fraction of sp³-hybridized carbons (Fsp3) is 0.125. The molecule has 0 fully saturated rings. The number of hydrogen-bond donors (Lipinski definition) is 2. The molecule has 0 bridgehead atoms. The van der Waals surface area contributed by atoms with Gasteiger partial charge in [0, 0.05) is 11.3 Å². The van der Waals surface area contributed by atoms with Gasteiger partial charge in [-0.15, -0.1) is 0 Å². The van der Waals surface area contributed by atoms with Crippen molar-refractivity contribution in [2.24, 2.45) is 0 Å². The van der Waals surface area contributed by atoms with Crippen molar-refractivity contribution in [3.05, 3.63) is 53.6 Å². The summed E-state index contributed by atoms with van der Waals surface area (Å²) in [5, 5.41) is 11.5. The molecule has 3 rings (SSSR count). The van der Waals surface area contributed by atoms with Crippen LogP contribution in [0.1, 0.15) is 15.9 Å². The molecular weight excluding hydrogens is 286 g/mol. The third-order valence-corrected chi connectivity index (χ3v) is 3.20. The van der Waals surface area contributed by atoms with Crippen LogP contribution in [0.4, 0.5) is 5.69 Å². The maximum Gasteiger partial charge on any atom is 0.307 e. The van der Waals surface area contributed by atoms with E-state index in [4.69, 9.17) is 14.6 Å². The van der Waals surface area contributed by atoms with Crippen molar-refractivity contribution in [1.29, 1.82) is 0 Å². The van der Waals surface area contributed by atoms with Gasteiger partial charge in [0.15, 0.2) is 11.5 Å². The summed E-state index contributed by atoms with van der Waals surface area (Å²) in [5.74, 6) is 0.000426. The van der Waals surface area contributed by atoms with Crippen LogP contribution in [0.5, 0.6) is 11.5 Å². The van der Waals surface area contributed by atoms with E-state index in [0.717, 1.165) is 0 Å². The minimum Gasteiger partial charge on any atom is -0.481 e. The minimum absolute atomic E-state index is 0.0453. The monoisotopic (exact) mass is 299 g/mol. The zero-order valence-electron chi connectivity index (χ0n) is 11.5. The lowest BCUT2D eigenvalue weighted by Gasteiger charge is -2.07. The second-order valence-electron chi connectivity index (χ2n) is 4.79. The molecular formula is C16H13NO5. The molecule has 2 N–H and O–H groups in total. The summed E-state index contributed by atoms with van der Waals surface area (Å²) in [6.45, 7) is 0.158. The number of ether oxygens (including phenoxy) is 2. The second kappa shape index (κ2) is 5.77. The molecule has 0 spiro atoms. The lowest BCUT2D eigenvalue weighted by Crippen LogP contribution is -2.11. The van der Waals surface area contributed by atoms with Gasteiger partial charge < -0.3 is 19.9 Å². The molecule has 1 aliphatic heterocycles. The summed E-state index contributed by atoms with van der Waals surface area (Å²) in [7, 11) is 0. The van der Waals surface area contributed by atoms with Gasteiger partial charge in [-0.3, -0.25) is 9.59 Å². The van der Waals surface area contributed by atoms with E-state index in [-0.39, 0.29) is 19.1 Å². The largest absolute Gasteiger partial charge is 0.481 e. The first kappa shape index (κ1) is 13.9. The number of fused-ring (bicyclic) bond motifs is 1. The van der Waals surface area contributed by atoms with Crippen LogP contribution in [-0.2, 0) is 11.2 Å². The first-order valence-corrected chi connectivity index (χ1v) is 6.63. The van der Waals surface area contributed by atoms with E-state index in [1.165, 1.54) is 0 Å². The number of rotatable bonds is 4. The van der Waals surface area contributed by atoms with Gasteiger partial charge in [0.1, 0.15) is 0 Å². The highest BCUT2D eigenvalue weighted by Crippen LogP contribution is 2.32. The normalized spacial score (nSPS) is 12.0. The van der Waals surface area contributed by atoms with Crippen molar-refractivity contribution in [3.8, 4) is 11.5 Å². The number of carboxylic acid groups (broad SMARTS) is 1. The van der Waals surface area contributed by atoms with Gasteiger partial charge in [0.2, 0.25) is 6.79 Å². The molecule has 1 aliphatic rings. The Bertz CT molecular complexity index is 724. The maximum atomic E-state index is 12.2. The molecule has 6 nitrogen and oxygen atoms in total. The summed E-state index contributed by atoms with van der Waals surface area (Å²) in [6, 6.07) is 11.6. The third kappa shape index (κ3) is 3.01. The van der Waals surface area contributed by atoms with Gasteiger partial charge in [-0.05, 0) is 35.9 Å². The molecule has 112 valence electrons. The van der Waals surface area contributed by atoms with Crippen LogP contribution >= 0.6 is 0 Å². The van der Waals surface area contributed by atoms with Crippen molar-refractivity contribution >= 4 is 17.6 Å². The molecule has 22 heavy (non-hydrogen) atoms. The van der Waals surface area contributed by atoms with Gasteiger partial charge in [0.05, 0.1) is 6.42 Å². The summed E-state index contributed by atoms with van der Waals surface area (Å²) >= 11 is 0. The average molecular weight is 299 g/mol. The van der Waals surface area contributed by atoms with E-state index in [0.29, 0.717) is 28.3 Å². The van der Waals surface area contributed by atoms with Crippen LogP contribution in [0.3, 0.4) is 0 Å². The van der Waals surface area contributed by atoms with Gasteiger partial charge in [-0.25, -0.2) is 0 Å². The Balaban J connectivity index is 1.70. The smallest absolute Gasteiger partial charge is 0.307 e. The fourth-order valence-electron chi connectivity index (χ4n) is 2.12. The first-order valence-electron chi connectivity index (χ1n) is 6.63. The van der Waals surface area contributed by atoms with Gasteiger partial charge in [-0.1, -0.05) is 12.1 Å². The SMILES string of the molecule is O=C(O)Cc1ccc(NC(=O)c2ccc3c(c2)OCO3)cc1. The molecule has 0 aliphatic carbocycles. The minimum atomic E-state index is -0.892. The molecule has 0 saturated heterocycles. The molecule has 0 aromatic heterocycles. The third-order valence-electron chi connectivity index (χ3n) is 3.20. The lowest BCUT2D eigenvalue weighted by molar-refractivity contribution is -0.136. The highest BCUT2D eigenvalue weighted by atomic mass is 16.7. The summed E-state index contributed by atoms with van der Waals surface area (Å²) < 4.78 is 10.4. The van der Waals surface area contributed by atoms with E-state index >= 15 is 0 Å². The summed E-state index contributed by atoms with van der Waals surface area (Å²) in [6.07, 6.45) is -0.0453. The van der Waals surface area contributed by atoms with Crippen LogP contribution in [-0.4, -0.2) is 23.8 Å². The molecule has 1 amide bonds. The fourth-order valence-corrected chi connectivity index (χ4v) is 2.12. The molecule has 2 aromatic rings. The number of benzene rings is 2. The quantitative estimate of drug-likeness (QED) is 0.904. The number of anilines is 1. The zero-order valence-corrected chi connectivity index (χ0v) is 11.5. The topological polar surface area (TPSA) is 84.9 Å². The Kier molecular flexibility index (Phi) is 3.65. The molecule has 0 radical (unpaired) electrons. The number of carbonyl (C=O) groups is 2. The predicted molar refractivity (Wildman–Crippen MR) is 78.3 cm³/mol. The van der Waals surface area contributed by atoms with Crippen LogP contribution in [0, 0.1) is 0 Å². The van der Waals surface area contributed by atoms with Crippen molar-refractivity contribution < 1.29 is 24.2 Å². The first-order chi connectivity index (χ1) is 10.6. The van der Waals surface area contributed by atoms with Gasteiger partial charge in [-0.2, -0.15) is 0 Å². The van der Waals surface area contributed by atoms with E-state index in [9.17, 15) is 9.59 Å². The van der Waals surface area contributed by atoms with Crippen molar-refractivity contribution in [1.82, 2.24) is 0 Å². The Hall–Kier alpha value is -3.02. The van der Waals surface area contributed by atoms with Crippen molar-refractivity contribution in [2.75, 3.05) is 12.1 Å².